The van der Waals surface area contributed by atoms with Crippen LogP contribution in [-0.4, -0.2) is 85.2 Å². The van der Waals surface area contributed by atoms with E-state index in [0.29, 0.717) is 11.5 Å². The number of carbonyl (C=O) groups is 1. The molecule has 0 unspecified atom stereocenters. The number of morpholine rings is 1. The first kappa shape index (κ1) is 18.6. The lowest BCUT2D eigenvalue weighted by molar-refractivity contribution is 0.0658. The molecule has 148 valence electrons. The predicted octanol–water partition coefficient (Wildman–Crippen LogP) is 1.44. The summed E-state index contributed by atoms with van der Waals surface area (Å²) >= 11 is 0. The van der Waals surface area contributed by atoms with Gasteiger partial charge in [-0.05, 0) is 19.2 Å². The SMILES string of the molecule is CN1CCN(C(=O)c2cnc(Nc3ccccc3N3CCOCC3)cn2)CC1. The number of hydrogen-bond donors (Lipinski definition) is 1. The van der Waals surface area contributed by atoms with Gasteiger partial charge in [0.05, 0.1) is 37.0 Å². The zero-order valence-corrected chi connectivity index (χ0v) is 16.2. The number of aromatic nitrogens is 2. The van der Waals surface area contributed by atoms with Crippen molar-refractivity contribution < 1.29 is 9.53 Å². The van der Waals surface area contributed by atoms with Gasteiger partial charge in [0, 0.05) is 39.3 Å². The zero-order chi connectivity index (χ0) is 19.3. The first-order valence-corrected chi connectivity index (χ1v) is 9.69. The maximum atomic E-state index is 12.6. The molecule has 2 aliphatic heterocycles. The van der Waals surface area contributed by atoms with Crippen LogP contribution in [0.5, 0.6) is 0 Å². The van der Waals surface area contributed by atoms with Gasteiger partial charge in [-0.25, -0.2) is 9.97 Å². The summed E-state index contributed by atoms with van der Waals surface area (Å²) in [6.07, 6.45) is 3.18. The fourth-order valence-corrected chi connectivity index (χ4v) is 3.47. The monoisotopic (exact) mass is 382 g/mol. The van der Waals surface area contributed by atoms with Crippen LogP contribution < -0.4 is 10.2 Å². The van der Waals surface area contributed by atoms with E-state index in [1.54, 1.807) is 12.4 Å². The molecule has 1 aromatic carbocycles. The van der Waals surface area contributed by atoms with Crippen LogP contribution in [0, 0.1) is 0 Å². The standard InChI is InChI=1S/C20H26N6O2/c1-24-6-8-26(9-7-24)20(27)17-14-22-19(15-21-17)23-16-4-2-3-5-18(16)25-10-12-28-13-11-25/h2-5,14-15H,6-13H2,1H3,(H,22,23). The van der Waals surface area contributed by atoms with Crippen molar-refractivity contribution in [2.75, 3.05) is 69.7 Å². The van der Waals surface area contributed by atoms with Gasteiger partial charge < -0.3 is 24.8 Å². The normalized spacial score (nSPS) is 18.2. The van der Waals surface area contributed by atoms with Gasteiger partial charge in [-0.15, -0.1) is 0 Å². The van der Waals surface area contributed by atoms with Gasteiger partial charge in [-0.2, -0.15) is 0 Å². The van der Waals surface area contributed by atoms with Crippen molar-refractivity contribution in [3.05, 3.63) is 42.4 Å². The Balaban J connectivity index is 1.44. The van der Waals surface area contributed by atoms with Crippen molar-refractivity contribution in [3.63, 3.8) is 0 Å². The van der Waals surface area contributed by atoms with E-state index in [2.05, 4.69) is 38.2 Å². The molecule has 0 saturated carbocycles. The molecule has 1 N–H and O–H groups in total. The highest BCUT2D eigenvalue weighted by atomic mass is 16.5. The largest absolute Gasteiger partial charge is 0.378 e. The smallest absolute Gasteiger partial charge is 0.274 e. The summed E-state index contributed by atoms with van der Waals surface area (Å²) < 4.78 is 5.45. The summed E-state index contributed by atoms with van der Waals surface area (Å²) in [6.45, 7) is 6.42. The number of ether oxygens (including phenoxy) is 1. The second-order valence-corrected chi connectivity index (χ2v) is 7.12. The molecule has 4 rings (SSSR count). The molecule has 0 aliphatic carbocycles. The van der Waals surface area contributed by atoms with E-state index < -0.39 is 0 Å². The molecule has 8 heteroatoms. The number of nitrogens with zero attached hydrogens (tertiary/aromatic N) is 5. The highest BCUT2D eigenvalue weighted by molar-refractivity contribution is 5.92. The van der Waals surface area contributed by atoms with Crippen molar-refractivity contribution in [1.29, 1.82) is 0 Å². The average molecular weight is 382 g/mol. The fraction of sp³-hybridized carbons (Fsp3) is 0.450. The number of anilines is 3. The van der Waals surface area contributed by atoms with E-state index in [4.69, 9.17) is 4.74 Å². The topological polar surface area (TPSA) is 73.8 Å². The third-order valence-corrected chi connectivity index (χ3v) is 5.18. The molecule has 0 spiro atoms. The molecule has 0 radical (unpaired) electrons. The Bertz CT molecular complexity index is 799. The van der Waals surface area contributed by atoms with Crippen molar-refractivity contribution in [1.82, 2.24) is 19.8 Å². The van der Waals surface area contributed by atoms with E-state index in [1.807, 2.05) is 23.1 Å². The van der Waals surface area contributed by atoms with Gasteiger partial charge in [0.15, 0.2) is 0 Å². The lowest BCUT2D eigenvalue weighted by Gasteiger charge is -2.32. The van der Waals surface area contributed by atoms with E-state index in [9.17, 15) is 4.79 Å². The van der Waals surface area contributed by atoms with Crippen LogP contribution in [0.3, 0.4) is 0 Å². The lowest BCUT2D eigenvalue weighted by atomic mass is 10.2. The van der Waals surface area contributed by atoms with Gasteiger partial charge in [0.1, 0.15) is 11.5 Å². The first-order valence-electron chi connectivity index (χ1n) is 9.69. The van der Waals surface area contributed by atoms with Gasteiger partial charge in [0.25, 0.3) is 5.91 Å². The Morgan fingerprint density at radius 2 is 1.75 bits per heavy atom. The molecule has 8 nitrogen and oxygen atoms in total. The van der Waals surface area contributed by atoms with E-state index >= 15 is 0 Å². The molecule has 28 heavy (non-hydrogen) atoms. The number of carbonyl (C=O) groups excluding carboxylic acids is 1. The van der Waals surface area contributed by atoms with Crippen LogP contribution in [0.2, 0.25) is 0 Å². The number of amides is 1. The summed E-state index contributed by atoms with van der Waals surface area (Å²) in [4.78, 5) is 27.7. The van der Waals surface area contributed by atoms with Crippen molar-refractivity contribution in [3.8, 4) is 0 Å². The molecule has 2 aromatic rings. The van der Waals surface area contributed by atoms with Crippen LogP contribution in [0.4, 0.5) is 17.2 Å². The molecule has 2 aliphatic rings. The van der Waals surface area contributed by atoms with Crippen molar-refractivity contribution >= 4 is 23.1 Å². The minimum Gasteiger partial charge on any atom is -0.378 e. The Kier molecular flexibility index (Phi) is 5.68. The average Bonchev–Trinajstić information content (AvgIpc) is 2.75. The van der Waals surface area contributed by atoms with Gasteiger partial charge >= 0.3 is 0 Å². The Labute approximate surface area is 165 Å². The van der Waals surface area contributed by atoms with Crippen LogP contribution in [0.15, 0.2) is 36.7 Å². The third-order valence-electron chi connectivity index (χ3n) is 5.18. The molecular weight excluding hydrogens is 356 g/mol. The first-order chi connectivity index (χ1) is 13.7. The quantitative estimate of drug-likeness (QED) is 0.858. The lowest BCUT2D eigenvalue weighted by Crippen LogP contribution is -2.47. The van der Waals surface area contributed by atoms with Crippen molar-refractivity contribution in [2.24, 2.45) is 0 Å². The number of likely N-dealkylation sites (N-methyl/N-ethyl adjacent to an activating group) is 1. The molecule has 0 atom stereocenters. The molecule has 0 bridgehead atoms. The van der Waals surface area contributed by atoms with Gasteiger partial charge in [-0.3, -0.25) is 4.79 Å². The second kappa shape index (κ2) is 8.53. The summed E-state index contributed by atoms with van der Waals surface area (Å²) in [5.41, 5.74) is 2.47. The number of hydrogen-bond acceptors (Lipinski definition) is 7. The number of benzene rings is 1. The fourth-order valence-electron chi connectivity index (χ4n) is 3.47. The Morgan fingerprint density at radius 1 is 1.00 bits per heavy atom. The molecule has 1 aromatic heterocycles. The number of rotatable bonds is 4. The highest BCUT2D eigenvalue weighted by Crippen LogP contribution is 2.28. The number of para-hydroxylation sites is 2. The van der Waals surface area contributed by atoms with Crippen LogP contribution >= 0.6 is 0 Å². The predicted molar refractivity (Wildman–Crippen MR) is 108 cm³/mol. The summed E-state index contributed by atoms with van der Waals surface area (Å²) in [5.74, 6) is 0.566. The van der Waals surface area contributed by atoms with E-state index in [-0.39, 0.29) is 5.91 Å². The van der Waals surface area contributed by atoms with Crippen LogP contribution in [0.25, 0.3) is 0 Å². The summed E-state index contributed by atoms with van der Waals surface area (Å²) in [7, 11) is 2.07. The second-order valence-electron chi connectivity index (χ2n) is 7.12. The molecule has 3 heterocycles. The van der Waals surface area contributed by atoms with Crippen LogP contribution in [0.1, 0.15) is 10.5 Å². The highest BCUT2D eigenvalue weighted by Gasteiger charge is 2.21. The van der Waals surface area contributed by atoms with E-state index in [1.165, 1.54) is 0 Å². The van der Waals surface area contributed by atoms with Crippen LogP contribution in [-0.2, 0) is 4.74 Å². The molecule has 2 fully saturated rings. The van der Waals surface area contributed by atoms with Gasteiger partial charge in [0.2, 0.25) is 0 Å². The van der Waals surface area contributed by atoms with Crippen molar-refractivity contribution in [2.45, 2.75) is 0 Å². The number of piperazine rings is 1. The Hall–Kier alpha value is -2.71. The third kappa shape index (κ3) is 4.23. The van der Waals surface area contributed by atoms with Gasteiger partial charge in [-0.1, -0.05) is 12.1 Å². The summed E-state index contributed by atoms with van der Waals surface area (Å²) in [5, 5.41) is 3.33. The van der Waals surface area contributed by atoms with E-state index in [0.717, 1.165) is 63.9 Å². The molecule has 1 amide bonds. The summed E-state index contributed by atoms with van der Waals surface area (Å²) in [6, 6.07) is 8.13. The minimum absolute atomic E-state index is 0.0548. The maximum Gasteiger partial charge on any atom is 0.274 e. The Morgan fingerprint density at radius 3 is 2.46 bits per heavy atom. The zero-order valence-electron chi connectivity index (χ0n) is 16.2. The maximum absolute atomic E-state index is 12.6. The molecule has 2 saturated heterocycles. The minimum atomic E-state index is -0.0548. The number of nitrogens with one attached hydrogen (secondary N) is 1. The molecular formula is C20H26N6O2.